The first-order valence-corrected chi connectivity index (χ1v) is 13.6. The molecule has 1 aliphatic heterocycles. The molecule has 192 valence electrons. The van der Waals surface area contributed by atoms with E-state index in [-0.39, 0.29) is 6.61 Å². The Morgan fingerprint density at radius 1 is 0.857 bits per heavy atom. The highest BCUT2D eigenvalue weighted by molar-refractivity contribution is 5.92. The van der Waals surface area contributed by atoms with Crippen LogP contribution in [0.15, 0.2) is 54.6 Å². The summed E-state index contributed by atoms with van der Waals surface area (Å²) in [7, 11) is 0. The van der Waals surface area contributed by atoms with Crippen LogP contribution in [-0.4, -0.2) is 64.9 Å². The van der Waals surface area contributed by atoms with Crippen molar-refractivity contribution < 1.29 is 10.2 Å². The number of aromatic hydroxyl groups is 1. The third-order valence-electron chi connectivity index (χ3n) is 7.73. The summed E-state index contributed by atoms with van der Waals surface area (Å²) in [5.41, 5.74) is 4.96. The van der Waals surface area contributed by atoms with Crippen molar-refractivity contribution >= 4 is 11.1 Å². The monoisotopic (exact) mass is 478 g/mol. The molecule has 35 heavy (non-hydrogen) atoms. The van der Waals surface area contributed by atoms with Gasteiger partial charge in [-0.3, -0.25) is 9.80 Å². The quantitative estimate of drug-likeness (QED) is 0.352. The van der Waals surface area contributed by atoms with Gasteiger partial charge in [0.05, 0.1) is 0 Å². The largest absolute Gasteiger partial charge is 0.508 e. The Kier molecular flexibility index (Phi) is 10.8. The molecule has 0 radical (unpaired) electrons. The van der Waals surface area contributed by atoms with Gasteiger partial charge in [0.25, 0.3) is 0 Å². The zero-order chi connectivity index (χ0) is 25.2. The number of hydrogen-bond donors (Lipinski definition) is 2. The van der Waals surface area contributed by atoms with Crippen molar-refractivity contribution in [2.75, 3.05) is 32.8 Å². The third-order valence-corrected chi connectivity index (χ3v) is 7.73. The Morgan fingerprint density at radius 2 is 1.51 bits per heavy atom. The molecule has 0 amide bonds. The molecule has 0 aliphatic carbocycles. The lowest BCUT2D eigenvalue weighted by Crippen LogP contribution is -2.51. The number of rotatable bonds is 12. The van der Waals surface area contributed by atoms with Crippen LogP contribution < -0.4 is 0 Å². The van der Waals surface area contributed by atoms with Gasteiger partial charge in [0, 0.05) is 44.9 Å². The summed E-state index contributed by atoms with van der Waals surface area (Å²) in [6.07, 6.45) is 4.88. The van der Waals surface area contributed by atoms with E-state index in [0.717, 1.165) is 63.8 Å². The Labute approximate surface area is 213 Å². The first kappa shape index (κ1) is 27.4. The van der Waals surface area contributed by atoms with Gasteiger partial charge in [-0.05, 0) is 93.2 Å². The number of nitrogens with zero attached hydrogens (tertiary/aromatic N) is 2. The fraction of sp³-hybridized carbons (Fsp3) is 0.548. The SMILES string of the molecule is CCC(CCC(C)N1CCN(C(C)C)CC1)/C(=C(/CCCO)c1ccccc1)c1cccc(O)c1. The molecule has 1 aliphatic rings. The number of benzene rings is 2. The zero-order valence-corrected chi connectivity index (χ0v) is 22.3. The second-order valence-corrected chi connectivity index (χ2v) is 10.3. The Morgan fingerprint density at radius 3 is 2.11 bits per heavy atom. The number of aliphatic hydroxyl groups excluding tert-OH is 1. The number of hydrogen-bond acceptors (Lipinski definition) is 4. The summed E-state index contributed by atoms with van der Waals surface area (Å²) in [5.74, 6) is 0.700. The number of phenolic OH excluding ortho intramolecular Hbond substituents is 1. The molecule has 0 saturated carbocycles. The van der Waals surface area contributed by atoms with E-state index < -0.39 is 0 Å². The lowest BCUT2D eigenvalue weighted by atomic mass is 9.80. The highest BCUT2D eigenvalue weighted by atomic mass is 16.3. The third kappa shape index (κ3) is 7.67. The fourth-order valence-electron chi connectivity index (χ4n) is 5.53. The Bertz CT molecular complexity index is 917. The molecule has 1 saturated heterocycles. The average Bonchev–Trinajstić information content (AvgIpc) is 2.88. The van der Waals surface area contributed by atoms with E-state index in [1.807, 2.05) is 12.1 Å². The van der Waals surface area contributed by atoms with E-state index in [1.165, 1.54) is 16.7 Å². The molecule has 1 fully saturated rings. The van der Waals surface area contributed by atoms with E-state index in [9.17, 15) is 10.2 Å². The van der Waals surface area contributed by atoms with Gasteiger partial charge in [-0.25, -0.2) is 0 Å². The molecule has 2 N–H and O–H groups in total. The van der Waals surface area contributed by atoms with Gasteiger partial charge < -0.3 is 10.2 Å². The van der Waals surface area contributed by atoms with E-state index in [1.54, 1.807) is 6.07 Å². The second-order valence-electron chi connectivity index (χ2n) is 10.3. The summed E-state index contributed by atoms with van der Waals surface area (Å²) in [6, 6.07) is 19.5. The van der Waals surface area contributed by atoms with Gasteiger partial charge in [-0.1, -0.05) is 49.4 Å². The molecular weight excluding hydrogens is 432 g/mol. The number of allylic oxidation sites excluding steroid dienone is 2. The van der Waals surface area contributed by atoms with Gasteiger partial charge in [-0.15, -0.1) is 0 Å². The van der Waals surface area contributed by atoms with Crippen LogP contribution >= 0.6 is 0 Å². The van der Waals surface area contributed by atoms with Crippen molar-refractivity contribution in [3.05, 3.63) is 65.7 Å². The average molecular weight is 479 g/mol. The van der Waals surface area contributed by atoms with Gasteiger partial charge in [-0.2, -0.15) is 0 Å². The molecule has 4 heteroatoms. The minimum absolute atomic E-state index is 0.180. The molecule has 2 unspecified atom stereocenters. The molecular formula is C31H46N2O2. The summed E-state index contributed by atoms with van der Waals surface area (Å²) < 4.78 is 0. The molecule has 0 aromatic heterocycles. The molecule has 1 heterocycles. The standard InChI is InChI=1S/C31H46N2O2/c1-5-26(17-16-25(4)33-20-18-32(19-21-33)24(2)3)31(28-13-9-14-29(35)23-28)30(15-10-22-34)27-11-7-6-8-12-27/h6-9,11-14,23-26,34-35H,5,10,15-22H2,1-4H3/b31-30+. The summed E-state index contributed by atoms with van der Waals surface area (Å²) in [5, 5.41) is 20.0. The van der Waals surface area contributed by atoms with Crippen molar-refractivity contribution in [2.24, 2.45) is 5.92 Å². The summed E-state index contributed by atoms with van der Waals surface area (Å²) >= 11 is 0. The van der Waals surface area contributed by atoms with Crippen LogP contribution in [0.3, 0.4) is 0 Å². The predicted octanol–water partition coefficient (Wildman–Crippen LogP) is 6.30. The maximum Gasteiger partial charge on any atom is 0.116 e. The molecule has 3 rings (SSSR count). The number of piperazine rings is 1. The number of phenols is 1. The first-order valence-electron chi connectivity index (χ1n) is 13.6. The van der Waals surface area contributed by atoms with Crippen LogP contribution in [0.25, 0.3) is 11.1 Å². The van der Waals surface area contributed by atoms with Crippen LogP contribution in [0, 0.1) is 5.92 Å². The molecule has 0 spiro atoms. The van der Waals surface area contributed by atoms with Crippen molar-refractivity contribution in [1.29, 1.82) is 0 Å². The Hall–Kier alpha value is -2.14. The minimum atomic E-state index is 0.180. The fourth-order valence-corrected chi connectivity index (χ4v) is 5.53. The summed E-state index contributed by atoms with van der Waals surface area (Å²) in [6.45, 7) is 14.1. The van der Waals surface area contributed by atoms with Crippen LogP contribution in [0.2, 0.25) is 0 Å². The normalized spacial score (nSPS) is 17.9. The van der Waals surface area contributed by atoms with E-state index in [4.69, 9.17) is 0 Å². The lowest BCUT2D eigenvalue weighted by Gasteiger charge is -2.40. The second kappa shape index (κ2) is 13.8. The number of aliphatic hydroxyl groups is 1. The van der Waals surface area contributed by atoms with Gasteiger partial charge in [0.2, 0.25) is 0 Å². The summed E-state index contributed by atoms with van der Waals surface area (Å²) in [4.78, 5) is 5.24. The van der Waals surface area contributed by atoms with Crippen LogP contribution in [-0.2, 0) is 0 Å². The molecule has 0 bridgehead atoms. The lowest BCUT2D eigenvalue weighted by molar-refractivity contribution is 0.0791. The van der Waals surface area contributed by atoms with Gasteiger partial charge in [0.1, 0.15) is 5.75 Å². The zero-order valence-electron chi connectivity index (χ0n) is 22.3. The van der Waals surface area contributed by atoms with E-state index >= 15 is 0 Å². The predicted molar refractivity (Wildman–Crippen MR) is 148 cm³/mol. The maximum absolute atomic E-state index is 10.3. The van der Waals surface area contributed by atoms with Gasteiger partial charge in [0.15, 0.2) is 0 Å². The minimum Gasteiger partial charge on any atom is -0.508 e. The van der Waals surface area contributed by atoms with Crippen LogP contribution in [0.5, 0.6) is 5.75 Å². The van der Waals surface area contributed by atoms with E-state index in [0.29, 0.717) is 23.8 Å². The highest BCUT2D eigenvalue weighted by Gasteiger charge is 2.25. The van der Waals surface area contributed by atoms with Crippen molar-refractivity contribution in [2.45, 2.75) is 71.9 Å². The molecule has 4 nitrogen and oxygen atoms in total. The van der Waals surface area contributed by atoms with Crippen molar-refractivity contribution in [3.63, 3.8) is 0 Å². The van der Waals surface area contributed by atoms with E-state index in [2.05, 4.69) is 73.9 Å². The molecule has 2 aromatic rings. The highest BCUT2D eigenvalue weighted by Crippen LogP contribution is 2.40. The van der Waals surface area contributed by atoms with Crippen molar-refractivity contribution in [3.8, 4) is 5.75 Å². The maximum atomic E-state index is 10.3. The molecule has 2 aromatic carbocycles. The molecule has 2 atom stereocenters. The topological polar surface area (TPSA) is 46.9 Å². The smallest absolute Gasteiger partial charge is 0.116 e. The first-order chi connectivity index (χ1) is 16.9. The van der Waals surface area contributed by atoms with Gasteiger partial charge >= 0.3 is 0 Å². The van der Waals surface area contributed by atoms with Crippen molar-refractivity contribution in [1.82, 2.24) is 9.80 Å². The Balaban J connectivity index is 1.87. The van der Waals surface area contributed by atoms with Crippen LogP contribution in [0.1, 0.15) is 70.9 Å². The van der Waals surface area contributed by atoms with Crippen LogP contribution in [0.4, 0.5) is 0 Å².